The Hall–Kier alpha value is -2.47. The number of amides is 1. The number of hydrogen-bond donors (Lipinski definition) is 1. The average Bonchev–Trinajstić information content (AvgIpc) is 2.73. The predicted molar refractivity (Wildman–Crippen MR) is 109 cm³/mol. The molecule has 4 nitrogen and oxygen atoms in total. The number of hydrogen-bond acceptors (Lipinski definition) is 3. The summed E-state index contributed by atoms with van der Waals surface area (Å²) in [5.41, 5.74) is 2.26. The van der Waals surface area contributed by atoms with Crippen LogP contribution in [0.5, 0.6) is 5.75 Å². The van der Waals surface area contributed by atoms with Gasteiger partial charge in [0.15, 0.2) is 0 Å². The van der Waals surface area contributed by atoms with Gasteiger partial charge in [0.05, 0.1) is 19.7 Å². The van der Waals surface area contributed by atoms with Gasteiger partial charge in [-0.1, -0.05) is 49.7 Å². The maximum Gasteiger partial charge on any atom is 0.285 e. The lowest BCUT2D eigenvalue weighted by Gasteiger charge is -2.29. The van der Waals surface area contributed by atoms with Crippen LogP contribution in [0.1, 0.15) is 36.5 Å². The van der Waals surface area contributed by atoms with Gasteiger partial charge in [0.25, 0.3) is 5.92 Å². The lowest BCUT2D eigenvalue weighted by molar-refractivity contribution is -0.131. The molecule has 0 saturated carbocycles. The van der Waals surface area contributed by atoms with Crippen molar-refractivity contribution in [2.45, 2.75) is 38.7 Å². The Bertz CT molecular complexity index is 826. The molecule has 2 aromatic rings. The second-order valence-electron chi connectivity index (χ2n) is 7.37. The lowest BCUT2D eigenvalue weighted by Crippen LogP contribution is -2.43. The Morgan fingerprint density at radius 1 is 1.17 bits per heavy atom. The van der Waals surface area contributed by atoms with Crippen LogP contribution in [0.15, 0.2) is 48.5 Å². The zero-order chi connectivity index (χ0) is 20.7. The number of benzene rings is 2. The Balaban J connectivity index is 1.50. The summed E-state index contributed by atoms with van der Waals surface area (Å²) in [7, 11) is 0. The topological polar surface area (TPSA) is 41.6 Å². The van der Waals surface area contributed by atoms with Crippen LogP contribution in [0.3, 0.4) is 0 Å². The van der Waals surface area contributed by atoms with E-state index in [1.165, 1.54) is 17.7 Å². The molecule has 0 bridgehead atoms. The molecule has 156 valence electrons. The third kappa shape index (κ3) is 5.76. The molecule has 6 heteroatoms. The van der Waals surface area contributed by atoms with E-state index in [-0.39, 0.29) is 18.0 Å². The third-order valence-corrected chi connectivity index (χ3v) is 5.13. The quantitative estimate of drug-likeness (QED) is 0.641. The second-order valence-corrected chi connectivity index (χ2v) is 7.37. The fraction of sp³-hybridized carbons (Fsp3) is 0.435. The van der Waals surface area contributed by atoms with E-state index in [0.717, 1.165) is 24.8 Å². The minimum atomic E-state index is -3.08. The number of carbonyl (C=O) groups is 1. The number of alkyl halides is 2. The number of nitrogens with one attached hydrogen (secondary N) is 1. The minimum Gasteiger partial charge on any atom is -0.494 e. The van der Waals surface area contributed by atoms with Gasteiger partial charge in [-0.2, -0.15) is 8.78 Å². The molecule has 0 aromatic heterocycles. The van der Waals surface area contributed by atoms with Gasteiger partial charge in [0.1, 0.15) is 5.75 Å². The van der Waals surface area contributed by atoms with Crippen LogP contribution < -0.4 is 10.1 Å². The zero-order valence-corrected chi connectivity index (χ0v) is 16.8. The van der Waals surface area contributed by atoms with Crippen molar-refractivity contribution in [2.24, 2.45) is 0 Å². The molecular formula is C23H28F2N2O2. The monoisotopic (exact) mass is 402 g/mol. The molecule has 0 spiro atoms. The lowest BCUT2D eigenvalue weighted by atomic mass is 10.00. The third-order valence-electron chi connectivity index (χ3n) is 5.13. The Labute approximate surface area is 170 Å². The van der Waals surface area contributed by atoms with Crippen molar-refractivity contribution < 1.29 is 18.3 Å². The van der Waals surface area contributed by atoms with Crippen LogP contribution in [0, 0.1) is 0 Å². The number of rotatable bonds is 9. The van der Waals surface area contributed by atoms with Gasteiger partial charge in [-0.05, 0) is 36.1 Å². The van der Waals surface area contributed by atoms with Gasteiger partial charge in [0, 0.05) is 18.7 Å². The fourth-order valence-electron chi connectivity index (χ4n) is 3.40. The largest absolute Gasteiger partial charge is 0.494 e. The first kappa shape index (κ1) is 21.2. The maximum absolute atomic E-state index is 14.6. The second kappa shape index (κ2) is 9.83. The highest BCUT2D eigenvalue weighted by Gasteiger charge is 2.32. The van der Waals surface area contributed by atoms with Gasteiger partial charge < -0.3 is 15.0 Å². The highest BCUT2D eigenvalue weighted by molar-refractivity contribution is 5.78. The number of carbonyl (C=O) groups excluding carboxylic acids is 1. The molecule has 0 saturated heterocycles. The fourth-order valence-corrected chi connectivity index (χ4v) is 3.40. The van der Waals surface area contributed by atoms with Crippen molar-refractivity contribution in [3.63, 3.8) is 0 Å². The molecule has 1 heterocycles. The summed E-state index contributed by atoms with van der Waals surface area (Å²) >= 11 is 0. The average molecular weight is 402 g/mol. The molecule has 0 radical (unpaired) electrons. The van der Waals surface area contributed by atoms with Crippen molar-refractivity contribution in [3.8, 4) is 5.75 Å². The van der Waals surface area contributed by atoms with E-state index < -0.39 is 12.5 Å². The zero-order valence-electron chi connectivity index (χ0n) is 16.8. The van der Waals surface area contributed by atoms with Crippen molar-refractivity contribution in [3.05, 3.63) is 65.2 Å². The summed E-state index contributed by atoms with van der Waals surface area (Å²) in [5, 5.41) is 2.63. The smallest absolute Gasteiger partial charge is 0.285 e. The number of fused-ring (bicyclic) bond motifs is 1. The van der Waals surface area contributed by atoms with E-state index >= 15 is 0 Å². The SMILES string of the molecule is CCCCOc1cccc(C(F)(F)CNCC(=O)N2CCc3ccccc3C2)c1. The first-order valence-corrected chi connectivity index (χ1v) is 10.2. The Morgan fingerprint density at radius 3 is 2.76 bits per heavy atom. The van der Waals surface area contributed by atoms with Gasteiger partial charge in [0.2, 0.25) is 5.91 Å². The van der Waals surface area contributed by atoms with Gasteiger partial charge in [-0.15, -0.1) is 0 Å². The molecule has 1 N–H and O–H groups in total. The normalized spacial score (nSPS) is 13.8. The van der Waals surface area contributed by atoms with E-state index in [9.17, 15) is 13.6 Å². The maximum atomic E-state index is 14.6. The summed E-state index contributed by atoms with van der Waals surface area (Å²) in [6, 6.07) is 14.0. The van der Waals surface area contributed by atoms with Gasteiger partial charge >= 0.3 is 0 Å². The molecule has 0 unspecified atom stereocenters. The molecule has 1 aliphatic heterocycles. The van der Waals surface area contributed by atoms with Crippen molar-refractivity contribution in [2.75, 3.05) is 26.2 Å². The summed E-state index contributed by atoms with van der Waals surface area (Å²) in [5.74, 6) is -2.80. The molecular weight excluding hydrogens is 374 g/mol. The minimum absolute atomic E-state index is 0.107. The van der Waals surface area contributed by atoms with E-state index in [4.69, 9.17) is 4.74 Å². The number of unbranched alkanes of at least 4 members (excludes halogenated alkanes) is 1. The Kier molecular flexibility index (Phi) is 7.20. The van der Waals surface area contributed by atoms with Crippen LogP contribution in [-0.4, -0.2) is 37.0 Å². The number of nitrogens with zero attached hydrogens (tertiary/aromatic N) is 1. The Morgan fingerprint density at radius 2 is 1.97 bits per heavy atom. The summed E-state index contributed by atoms with van der Waals surface area (Å²) in [6.07, 6.45) is 2.66. The number of ether oxygens (including phenoxy) is 1. The molecule has 0 atom stereocenters. The molecule has 1 aliphatic rings. The highest BCUT2D eigenvalue weighted by atomic mass is 19.3. The standard InChI is InChI=1S/C23H28F2N2O2/c1-2-3-13-29-21-10-6-9-20(14-21)23(24,25)17-26-15-22(28)27-12-11-18-7-4-5-8-19(18)16-27/h4-10,14,26H,2-3,11-13,15-17H2,1H3. The van der Waals surface area contributed by atoms with Crippen molar-refractivity contribution >= 4 is 5.91 Å². The summed E-state index contributed by atoms with van der Waals surface area (Å²) in [6.45, 7) is 3.00. The van der Waals surface area contributed by atoms with Crippen LogP contribution >= 0.6 is 0 Å². The highest BCUT2D eigenvalue weighted by Crippen LogP contribution is 2.29. The first-order valence-electron chi connectivity index (χ1n) is 10.2. The van der Waals surface area contributed by atoms with E-state index in [1.807, 2.05) is 25.1 Å². The van der Waals surface area contributed by atoms with E-state index in [0.29, 0.717) is 25.4 Å². The molecule has 0 aliphatic carbocycles. The summed E-state index contributed by atoms with van der Waals surface area (Å²) < 4.78 is 34.7. The molecule has 2 aromatic carbocycles. The van der Waals surface area contributed by atoms with E-state index in [2.05, 4.69) is 11.4 Å². The molecule has 1 amide bonds. The van der Waals surface area contributed by atoms with E-state index in [1.54, 1.807) is 17.0 Å². The number of halogens is 2. The summed E-state index contributed by atoms with van der Waals surface area (Å²) in [4.78, 5) is 14.1. The van der Waals surface area contributed by atoms with Crippen LogP contribution in [0.4, 0.5) is 8.78 Å². The van der Waals surface area contributed by atoms with Crippen molar-refractivity contribution in [1.29, 1.82) is 0 Å². The molecule has 29 heavy (non-hydrogen) atoms. The first-order chi connectivity index (χ1) is 14.0. The van der Waals surface area contributed by atoms with Crippen LogP contribution in [-0.2, 0) is 23.7 Å². The van der Waals surface area contributed by atoms with Crippen molar-refractivity contribution in [1.82, 2.24) is 10.2 Å². The van der Waals surface area contributed by atoms with Gasteiger partial charge in [-0.25, -0.2) is 0 Å². The van der Waals surface area contributed by atoms with Crippen LogP contribution in [0.2, 0.25) is 0 Å². The van der Waals surface area contributed by atoms with Gasteiger partial charge in [-0.3, -0.25) is 4.79 Å². The molecule has 0 fully saturated rings. The van der Waals surface area contributed by atoms with Crippen LogP contribution in [0.25, 0.3) is 0 Å². The predicted octanol–water partition coefficient (Wildman–Crippen LogP) is 4.13. The molecule has 3 rings (SSSR count).